The van der Waals surface area contributed by atoms with E-state index in [2.05, 4.69) is 4.98 Å². The second kappa shape index (κ2) is 10.5. The van der Waals surface area contributed by atoms with Crippen molar-refractivity contribution in [2.75, 3.05) is 6.61 Å². The minimum Gasteiger partial charge on any atom is -0.459 e. The summed E-state index contributed by atoms with van der Waals surface area (Å²) in [5.74, 6) is -1.47. The Morgan fingerprint density at radius 3 is 2.20 bits per heavy atom. The lowest BCUT2D eigenvalue weighted by molar-refractivity contribution is -0.0592. The number of aromatic amines is 1. The topological polar surface area (TPSA) is 117 Å². The number of ether oxygens (including phenoxy) is 3. The van der Waals surface area contributed by atoms with Crippen LogP contribution in [0.1, 0.15) is 39.4 Å². The second-order valence-corrected chi connectivity index (χ2v) is 7.88. The molecule has 3 aromatic rings. The van der Waals surface area contributed by atoms with Crippen LogP contribution in [-0.4, -0.2) is 46.5 Å². The Kier molecular flexibility index (Phi) is 7.21. The number of rotatable bonds is 7. The lowest BCUT2D eigenvalue weighted by Gasteiger charge is -2.19. The van der Waals surface area contributed by atoms with Gasteiger partial charge in [-0.3, -0.25) is 14.3 Å². The molecule has 0 saturated carbocycles. The molecule has 0 amide bonds. The van der Waals surface area contributed by atoms with E-state index in [4.69, 9.17) is 14.2 Å². The maximum atomic E-state index is 15.6. The third-order valence-corrected chi connectivity index (χ3v) is 5.60. The number of nitrogens with one attached hydrogen (secondary N) is 1. The molecular weight excluding hydrogens is 459 g/mol. The largest absolute Gasteiger partial charge is 0.459 e. The molecule has 1 aliphatic heterocycles. The minimum atomic E-state index is -1.99. The molecule has 35 heavy (non-hydrogen) atoms. The van der Waals surface area contributed by atoms with E-state index in [0.717, 1.165) is 4.57 Å². The molecule has 2 aromatic carbocycles. The van der Waals surface area contributed by atoms with Crippen LogP contribution >= 0.6 is 0 Å². The van der Waals surface area contributed by atoms with Crippen molar-refractivity contribution in [3.63, 3.8) is 0 Å². The number of hydrogen-bond donors (Lipinski definition) is 1. The quantitative estimate of drug-likeness (QED) is 0.514. The van der Waals surface area contributed by atoms with Gasteiger partial charge in [0.2, 0.25) is 0 Å². The van der Waals surface area contributed by atoms with Gasteiger partial charge in [0.15, 0.2) is 18.5 Å². The zero-order chi connectivity index (χ0) is 24.9. The summed E-state index contributed by atoms with van der Waals surface area (Å²) in [6, 6.07) is 16.1. The Hall–Kier alpha value is -4.05. The fraction of sp³-hybridized carbons (Fsp3) is 0.280. The van der Waals surface area contributed by atoms with Crippen LogP contribution in [0.15, 0.2) is 76.4 Å². The van der Waals surface area contributed by atoms with Gasteiger partial charge in [-0.1, -0.05) is 43.3 Å². The molecule has 4 rings (SSSR count). The molecule has 2 heterocycles. The molecule has 0 aliphatic carbocycles. The van der Waals surface area contributed by atoms with Crippen molar-refractivity contribution in [3.05, 3.63) is 104 Å². The number of halogens is 1. The summed E-state index contributed by atoms with van der Waals surface area (Å²) in [7, 11) is 0. The first-order chi connectivity index (χ1) is 16.9. The Labute approximate surface area is 199 Å². The molecule has 4 atom stereocenters. The molecule has 182 valence electrons. The lowest BCUT2D eigenvalue weighted by Crippen LogP contribution is -2.39. The van der Waals surface area contributed by atoms with Crippen molar-refractivity contribution < 1.29 is 28.2 Å². The van der Waals surface area contributed by atoms with Crippen LogP contribution < -0.4 is 11.2 Å². The average molecular weight is 482 g/mol. The van der Waals surface area contributed by atoms with Crippen molar-refractivity contribution in [1.82, 2.24) is 9.55 Å². The molecule has 9 nitrogen and oxygen atoms in total. The molecule has 0 unspecified atom stereocenters. The Morgan fingerprint density at radius 2 is 1.60 bits per heavy atom. The van der Waals surface area contributed by atoms with Crippen LogP contribution in [0, 0.1) is 0 Å². The number of nitrogens with zero attached hydrogens (tertiary/aromatic N) is 1. The van der Waals surface area contributed by atoms with Gasteiger partial charge in [-0.2, -0.15) is 0 Å². The summed E-state index contributed by atoms with van der Waals surface area (Å²) in [5, 5.41) is 0. The first-order valence-electron chi connectivity index (χ1n) is 11.0. The third-order valence-electron chi connectivity index (χ3n) is 5.60. The van der Waals surface area contributed by atoms with Crippen molar-refractivity contribution in [2.45, 2.75) is 38.0 Å². The molecule has 1 N–H and O–H groups in total. The van der Waals surface area contributed by atoms with E-state index in [-0.39, 0.29) is 16.7 Å². The van der Waals surface area contributed by atoms with E-state index >= 15 is 4.39 Å². The minimum absolute atomic E-state index is 0.192. The molecule has 0 spiro atoms. The van der Waals surface area contributed by atoms with Crippen LogP contribution in [0.5, 0.6) is 0 Å². The zero-order valence-electron chi connectivity index (χ0n) is 18.8. The smallest absolute Gasteiger partial charge is 0.338 e. The van der Waals surface area contributed by atoms with Crippen LogP contribution in [-0.2, 0) is 20.6 Å². The number of aryl methyl sites for hydroxylation is 1. The fourth-order valence-corrected chi connectivity index (χ4v) is 3.74. The molecule has 1 aliphatic rings. The van der Waals surface area contributed by atoms with E-state index in [1.807, 2.05) is 0 Å². The van der Waals surface area contributed by atoms with E-state index in [1.165, 1.54) is 18.3 Å². The highest BCUT2D eigenvalue weighted by Gasteiger charge is 2.49. The van der Waals surface area contributed by atoms with Gasteiger partial charge in [0.1, 0.15) is 12.7 Å². The summed E-state index contributed by atoms with van der Waals surface area (Å²) in [6.07, 6.45) is -4.69. The predicted octanol–water partition coefficient (Wildman–Crippen LogP) is 2.42. The van der Waals surface area contributed by atoms with Gasteiger partial charge >= 0.3 is 17.6 Å². The summed E-state index contributed by atoms with van der Waals surface area (Å²) in [5.41, 5.74) is -0.742. The Morgan fingerprint density at radius 1 is 1.00 bits per heavy atom. The molecular formula is C25H23FN2O7. The number of alkyl halides is 1. The number of carbonyl (C=O) groups is 2. The van der Waals surface area contributed by atoms with Gasteiger partial charge in [-0.25, -0.2) is 18.8 Å². The van der Waals surface area contributed by atoms with Crippen molar-refractivity contribution in [3.8, 4) is 0 Å². The van der Waals surface area contributed by atoms with Crippen LogP contribution in [0.25, 0.3) is 0 Å². The van der Waals surface area contributed by atoms with Crippen LogP contribution in [0.4, 0.5) is 4.39 Å². The average Bonchev–Trinajstić information content (AvgIpc) is 3.18. The van der Waals surface area contributed by atoms with E-state index in [1.54, 1.807) is 55.5 Å². The van der Waals surface area contributed by atoms with Gasteiger partial charge in [0.05, 0.1) is 11.1 Å². The van der Waals surface area contributed by atoms with Crippen LogP contribution in [0.3, 0.4) is 0 Å². The van der Waals surface area contributed by atoms with E-state index in [0.29, 0.717) is 6.42 Å². The fourth-order valence-electron chi connectivity index (χ4n) is 3.74. The van der Waals surface area contributed by atoms with E-state index in [9.17, 15) is 19.2 Å². The maximum absolute atomic E-state index is 15.6. The highest BCUT2D eigenvalue weighted by Crippen LogP contribution is 2.34. The number of aromatic nitrogens is 2. The molecule has 10 heteroatoms. The second-order valence-electron chi connectivity index (χ2n) is 7.88. The molecule has 1 aromatic heterocycles. The number of H-pyrrole nitrogens is 1. The highest BCUT2D eigenvalue weighted by atomic mass is 19.1. The molecule has 0 radical (unpaired) electrons. The molecule has 1 saturated heterocycles. The van der Waals surface area contributed by atoms with Gasteiger partial charge < -0.3 is 14.2 Å². The van der Waals surface area contributed by atoms with Crippen LogP contribution in [0.2, 0.25) is 0 Å². The Balaban J connectivity index is 1.60. The van der Waals surface area contributed by atoms with E-state index < -0.39 is 54.4 Å². The SMILES string of the molecule is CCc1cn([C@H]2O[C@@H](COC(=O)c3ccccc3)[C@H](OC(=O)c3ccccc3)[C@H]2F)c(=O)[nH]c1=O. The number of hydrogen-bond acceptors (Lipinski definition) is 7. The summed E-state index contributed by atoms with van der Waals surface area (Å²) in [4.78, 5) is 51.5. The van der Waals surface area contributed by atoms with Crippen molar-refractivity contribution >= 4 is 11.9 Å². The maximum Gasteiger partial charge on any atom is 0.338 e. The zero-order valence-corrected chi connectivity index (χ0v) is 18.8. The number of carbonyl (C=O) groups excluding carboxylic acids is 2. The van der Waals surface area contributed by atoms with Crippen molar-refractivity contribution in [1.29, 1.82) is 0 Å². The van der Waals surface area contributed by atoms with Gasteiger partial charge in [0.25, 0.3) is 5.56 Å². The first-order valence-corrected chi connectivity index (χ1v) is 11.0. The first kappa shape index (κ1) is 24.1. The lowest BCUT2D eigenvalue weighted by atomic mass is 10.1. The normalized spacial score (nSPS) is 21.4. The highest BCUT2D eigenvalue weighted by molar-refractivity contribution is 5.90. The number of benzene rings is 2. The van der Waals surface area contributed by atoms with Crippen molar-refractivity contribution in [2.24, 2.45) is 0 Å². The Bertz CT molecular complexity index is 1310. The van der Waals surface area contributed by atoms with Gasteiger partial charge in [0, 0.05) is 11.8 Å². The molecule has 1 fully saturated rings. The third kappa shape index (κ3) is 5.22. The molecule has 0 bridgehead atoms. The summed E-state index contributed by atoms with van der Waals surface area (Å²) in [6.45, 7) is 1.27. The monoisotopic (exact) mass is 482 g/mol. The van der Waals surface area contributed by atoms with Gasteiger partial charge in [-0.15, -0.1) is 0 Å². The standard InChI is InChI=1S/C25H23FN2O7/c1-2-15-13-28(25(32)27-21(15)29)22-19(26)20(35-24(31)17-11-7-4-8-12-17)18(34-22)14-33-23(30)16-9-5-3-6-10-16/h3-13,18-20,22H,2,14H2,1H3,(H,27,29,32)/t18-,19+,20-,22-/m0/s1. The summed E-state index contributed by atoms with van der Waals surface area (Å²) < 4.78 is 33.0. The predicted molar refractivity (Wildman–Crippen MR) is 122 cm³/mol. The van der Waals surface area contributed by atoms with Gasteiger partial charge in [-0.05, 0) is 30.7 Å². The number of esters is 2. The summed E-state index contributed by atoms with van der Waals surface area (Å²) >= 11 is 0.